The SMILES string of the molecule is CCCN1CCC[C@@H](C2CN(c3ncc4c(C)nn([C@H](CC5C[C@H](C6CN(c7ncc8c(C)nn([C@H](CC9C[C@@H](C%10CN(c%11cnc%12c(C)nn([C@H](C)c%13ccc(Cl)cc%13Cl)c%12n%11)C%10)CN(CCC)C9)c9ccc(Cl)cc9Cl)c8n7)C6)CN(CCC)C5)c5ccc(Cl)cc5Cl)c4n3)C2)C1. The van der Waals surface area contributed by atoms with E-state index in [1.165, 1.54) is 38.9 Å². The van der Waals surface area contributed by atoms with Gasteiger partial charge in [0.25, 0.3) is 0 Å². The van der Waals surface area contributed by atoms with Crippen molar-refractivity contribution in [3.63, 3.8) is 0 Å². The van der Waals surface area contributed by atoms with Crippen LogP contribution in [0.1, 0.15) is 137 Å². The van der Waals surface area contributed by atoms with E-state index in [0.717, 1.165) is 208 Å². The van der Waals surface area contributed by atoms with Crippen LogP contribution in [-0.2, 0) is 0 Å². The van der Waals surface area contributed by atoms with Gasteiger partial charge in [-0.25, -0.2) is 34.0 Å². The predicted octanol–water partition coefficient (Wildman–Crippen LogP) is 16.0. The maximum atomic E-state index is 7.31. The summed E-state index contributed by atoms with van der Waals surface area (Å²) in [6.07, 6.45) is 15.8. The van der Waals surface area contributed by atoms with E-state index in [1.807, 2.05) is 66.6 Å². The van der Waals surface area contributed by atoms with E-state index in [0.29, 0.717) is 71.6 Å². The molecule has 0 radical (unpaired) electrons. The molecule has 3 aromatic carbocycles. The van der Waals surface area contributed by atoms with Gasteiger partial charge in [-0.1, -0.05) is 109 Å². The minimum absolute atomic E-state index is 0.165. The third-order valence-electron chi connectivity index (χ3n) is 23.0. The summed E-state index contributed by atoms with van der Waals surface area (Å²) < 4.78 is 6.28. The molecule has 6 aliphatic heterocycles. The average Bonchev–Trinajstić information content (AvgIpc) is 1.70. The Hall–Kier alpha value is -5.67. The largest absolute Gasteiger partial charge is 0.355 e. The monoisotopic (exact) mass is 1450 g/mol. The molecule has 2 unspecified atom stereocenters. The predicted molar refractivity (Wildman–Crippen MR) is 402 cm³/mol. The summed E-state index contributed by atoms with van der Waals surface area (Å²) >= 11 is 40.9. The van der Waals surface area contributed by atoms with Crippen LogP contribution in [0.4, 0.5) is 17.7 Å². The number of fused-ring (bicyclic) bond motifs is 3. The molecule has 6 aromatic heterocycles. The molecule has 0 bridgehead atoms. The number of aryl methyl sites for hydroxylation is 3. The first-order valence-corrected chi connectivity index (χ1v) is 38.6. The summed E-state index contributed by atoms with van der Waals surface area (Å²) in [5.74, 6) is 6.44. The average molecular weight is 1460 g/mol. The van der Waals surface area contributed by atoms with Crippen LogP contribution in [0.5, 0.6) is 0 Å². The van der Waals surface area contributed by atoms with Gasteiger partial charge in [0.1, 0.15) is 11.3 Å². The van der Waals surface area contributed by atoms with E-state index in [4.69, 9.17) is 115 Å². The van der Waals surface area contributed by atoms with Crippen molar-refractivity contribution < 1.29 is 0 Å². The van der Waals surface area contributed by atoms with Gasteiger partial charge in [-0.15, -0.1) is 0 Å². The summed E-state index contributed by atoms with van der Waals surface area (Å²) in [7, 11) is 0. The highest BCUT2D eigenvalue weighted by Gasteiger charge is 2.44. The van der Waals surface area contributed by atoms with Crippen molar-refractivity contribution in [2.45, 2.75) is 124 Å². The van der Waals surface area contributed by atoms with Crippen LogP contribution >= 0.6 is 69.6 Å². The van der Waals surface area contributed by atoms with Gasteiger partial charge in [-0.05, 0) is 212 Å². The Labute approximate surface area is 612 Å². The first-order chi connectivity index (χ1) is 47.9. The third-order valence-corrected chi connectivity index (χ3v) is 24.7. The molecule has 99 heavy (non-hydrogen) atoms. The van der Waals surface area contributed by atoms with Crippen molar-refractivity contribution in [3.05, 3.63) is 137 Å². The fourth-order valence-corrected chi connectivity index (χ4v) is 19.5. The molecule has 0 amide bonds. The van der Waals surface area contributed by atoms with Crippen LogP contribution in [0.15, 0.2) is 73.2 Å². The summed E-state index contributed by atoms with van der Waals surface area (Å²) in [5.41, 5.74) is 8.82. The number of aromatic nitrogens is 12. The van der Waals surface area contributed by atoms with Crippen LogP contribution in [0.2, 0.25) is 30.1 Å². The zero-order valence-electron chi connectivity index (χ0n) is 58.1. The topological polar surface area (TPSA) is 150 Å². The normalized spacial score (nSPS) is 22.8. The summed E-state index contributed by atoms with van der Waals surface area (Å²) in [5, 5.41) is 21.2. The first-order valence-electron chi connectivity index (χ1n) is 36.4. The second-order valence-electron chi connectivity index (χ2n) is 29.9. The van der Waals surface area contributed by atoms with Crippen LogP contribution in [0.25, 0.3) is 33.2 Å². The fraction of sp³-hybridized carbons (Fsp3) is 0.560. The van der Waals surface area contributed by atoms with Crippen molar-refractivity contribution in [1.29, 1.82) is 0 Å². The van der Waals surface area contributed by atoms with Gasteiger partial charge in [-0.2, -0.15) is 25.3 Å². The summed E-state index contributed by atoms with van der Waals surface area (Å²) in [4.78, 5) is 46.4. The first kappa shape index (κ1) is 69.1. The van der Waals surface area contributed by atoms with Gasteiger partial charge >= 0.3 is 0 Å². The van der Waals surface area contributed by atoms with Crippen LogP contribution in [0, 0.1) is 68.1 Å². The number of hydrogen-bond donors (Lipinski definition) is 0. The van der Waals surface area contributed by atoms with Crippen molar-refractivity contribution in [1.82, 2.24) is 73.9 Å². The Bertz CT molecular complexity index is 4380. The third kappa shape index (κ3) is 14.1. The number of rotatable bonds is 22. The van der Waals surface area contributed by atoms with Gasteiger partial charge in [0.15, 0.2) is 16.9 Å². The standard InChI is InChI=1S/C75H92Cl6N18/c1-8-19-91-22-11-12-50(35-91)53-40-95(41-53)74-83-30-62-44(4)88-98(71(62)86-74)68(61-18-15-58(78)29-66(61)81)26-49-24-52(37-93(34-49)21-10-3)55-42-96(43-55)75-84-31-63-45(5)89-99(72(63)87-75)67(60-17-14-57(77)28-65(60)80)25-48-23-51(36-92(33-48)20-9-2)54-38-94(39-54)69-32-82-70-46(6)90-97(73(70)85-69)47(7)59-16-13-56(76)27-64(59)79/h13-18,27-32,47-55,67-68H,8-12,19-26,33-43H2,1-7H3/t47-,48?,49?,50-,51-,52+,67-,68-/m1/s1. The molecule has 12 heterocycles. The molecule has 9 aromatic rings. The maximum Gasteiger partial charge on any atom is 0.227 e. The Balaban J connectivity index is 0.652. The molecule has 8 atom stereocenters. The Morgan fingerprint density at radius 1 is 0.444 bits per heavy atom. The molecule has 524 valence electrons. The molecular formula is C75H92Cl6N18. The second kappa shape index (κ2) is 29.2. The van der Waals surface area contributed by atoms with E-state index >= 15 is 0 Å². The molecule has 0 aliphatic carbocycles. The Morgan fingerprint density at radius 3 is 1.37 bits per heavy atom. The Kier molecular flexibility index (Phi) is 20.4. The molecule has 0 N–H and O–H groups in total. The molecule has 0 spiro atoms. The lowest BCUT2D eigenvalue weighted by Gasteiger charge is -2.49. The van der Waals surface area contributed by atoms with Gasteiger partial charge in [-0.3, -0.25) is 0 Å². The number of halogens is 6. The van der Waals surface area contributed by atoms with Crippen molar-refractivity contribution in [3.8, 4) is 0 Å². The lowest BCUT2D eigenvalue weighted by atomic mass is 9.75. The molecule has 0 saturated carbocycles. The van der Waals surface area contributed by atoms with Crippen LogP contribution in [0.3, 0.4) is 0 Å². The van der Waals surface area contributed by atoms with Gasteiger partial charge in [0.2, 0.25) is 11.9 Å². The van der Waals surface area contributed by atoms with E-state index in [2.05, 4.69) is 92.4 Å². The molecule has 6 aliphatic rings. The fourth-order valence-electron chi connectivity index (χ4n) is 17.8. The zero-order chi connectivity index (χ0) is 68.5. The minimum Gasteiger partial charge on any atom is -0.355 e. The van der Waals surface area contributed by atoms with Gasteiger partial charge < -0.3 is 29.4 Å². The highest BCUT2D eigenvalue weighted by Crippen LogP contribution is 2.45. The number of hydrogen-bond acceptors (Lipinski definition) is 15. The lowest BCUT2D eigenvalue weighted by molar-refractivity contribution is 0.0719. The summed E-state index contributed by atoms with van der Waals surface area (Å²) in [6.45, 7) is 30.5. The quantitative estimate of drug-likeness (QED) is 0.0633. The Morgan fingerprint density at radius 2 is 0.889 bits per heavy atom. The van der Waals surface area contributed by atoms with E-state index < -0.39 is 0 Å². The second-order valence-corrected chi connectivity index (χ2v) is 32.5. The molecule has 24 heteroatoms. The van der Waals surface area contributed by atoms with Crippen LogP contribution < -0.4 is 14.7 Å². The van der Waals surface area contributed by atoms with Gasteiger partial charge in [0.05, 0.1) is 52.2 Å². The molecule has 6 fully saturated rings. The molecule has 6 saturated heterocycles. The van der Waals surface area contributed by atoms with Crippen molar-refractivity contribution in [2.75, 3.05) is 113 Å². The van der Waals surface area contributed by atoms with E-state index in [9.17, 15) is 0 Å². The molecule has 18 nitrogen and oxygen atoms in total. The number of nitrogens with zero attached hydrogens (tertiary/aromatic N) is 18. The van der Waals surface area contributed by atoms with E-state index in [-0.39, 0.29) is 18.1 Å². The summed E-state index contributed by atoms with van der Waals surface area (Å²) in [6, 6.07) is 17.0. The number of likely N-dealkylation sites (tertiary alicyclic amines) is 3. The molecule has 15 rings (SSSR count). The van der Waals surface area contributed by atoms with Gasteiger partial charge in [0, 0.05) is 115 Å². The minimum atomic E-state index is -0.201. The number of benzene rings is 3. The number of piperidine rings is 3. The van der Waals surface area contributed by atoms with E-state index in [1.54, 1.807) is 6.07 Å². The van der Waals surface area contributed by atoms with Crippen LogP contribution in [-0.4, -0.2) is 172 Å². The van der Waals surface area contributed by atoms with Crippen molar-refractivity contribution >= 4 is 121 Å². The highest BCUT2D eigenvalue weighted by atomic mass is 35.5. The number of anilines is 3. The van der Waals surface area contributed by atoms with Crippen molar-refractivity contribution in [2.24, 2.45) is 47.3 Å². The smallest absolute Gasteiger partial charge is 0.227 e. The molecular weight excluding hydrogens is 1370 g/mol. The zero-order valence-corrected chi connectivity index (χ0v) is 62.6. The lowest BCUT2D eigenvalue weighted by Crippen LogP contribution is -2.55. The highest BCUT2D eigenvalue weighted by molar-refractivity contribution is 6.36. The maximum absolute atomic E-state index is 7.31.